The highest BCUT2D eigenvalue weighted by Gasteiger charge is 2.11. The number of rotatable bonds is 6. The number of thiophene rings is 1. The third-order valence-corrected chi connectivity index (χ3v) is 5.00. The van der Waals surface area contributed by atoms with Gasteiger partial charge < -0.3 is 14.6 Å². The number of carbonyl (C=O) groups excluding carboxylic acids is 1. The summed E-state index contributed by atoms with van der Waals surface area (Å²) in [5.74, 6) is 1.74. The summed E-state index contributed by atoms with van der Waals surface area (Å²) >= 11 is 1.40. The lowest BCUT2D eigenvalue weighted by atomic mass is 10.1. The molecule has 0 unspecified atom stereocenters. The van der Waals surface area contributed by atoms with Crippen LogP contribution in [0.5, 0.6) is 5.75 Å². The summed E-state index contributed by atoms with van der Waals surface area (Å²) in [5.41, 5.74) is 2.59. The first kappa shape index (κ1) is 17.9. The zero-order valence-corrected chi connectivity index (χ0v) is 15.9. The van der Waals surface area contributed by atoms with E-state index in [-0.39, 0.29) is 5.91 Å². The van der Waals surface area contributed by atoms with Crippen molar-refractivity contribution in [3.8, 4) is 17.1 Å². The van der Waals surface area contributed by atoms with Gasteiger partial charge in [0.2, 0.25) is 11.7 Å². The van der Waals surface area contributed by atoms with Gasteiger partial charge in [-0.3, -0.25) is 4.79 Å². The number of hydrogen-bond donors (Lipinski definition) is 1. The summed E-state index contributed by atoms with van der Waals surface area (Å²) in [4.78, 5) is 17.2. The summed E-state index contributed by atoms with van der Waals surface area (Å²) in [6.07, 6.45) is 0.548. The third kappa shape index (κ3) is 4.10. The van der Waals surface area contributed by atoms with E-state index in [2.05, 4.69) is 15.5 Å². The molecule has 0 saturated carbocycles. The molecule has 7 heteroatoms. The largest absolute Gasteiger partial charge is 0.497 e. The molecule has 0 aliphatic carbocycles. The van der Waals surface area contributed by atoms with E-state index in [9.17, 15) is 4.79 Å². The van der Waals surface area contributed by atoms with Crippen LogP contribution < -0.4 is 10.1 Å². The number of hydrogen-bond acceptors (Lipinski definition) is 6. The molecule has 2 aromatic heterocycles. The number of benzene rings is 2. The number of carbonyl (C=O) groups is 1. The van der Waals surface area contributed by atoms with E-state index < -0.39 is 0 Å². The van der Waals surface area contributed by atoms with Crippen molar-refractivity contribution < 1.29 is 14.1 Å². The van der Waals surface area contributed by atoms with Crippen LogP contribution in [0.3, 0.4) is 0 Å². The van der Waals surface area contributed by atoms with Crippen molar-refractivity contribution >= 4 is 22.9 Å². The Balaban J connectivity index is 1.42. The van der Waals surface area contributed by atoms with Crippen LogP contribution >= 0.6 is 11.3 Å². The van der Waals surface area contributed by atoms with Gasteiger partial charge in [-0.25, -0.2) is 0 Å². The number of ether oxygens (including phenoxy) is 1. The van der Waals surface area contributed by atoms with Crippen LogP contribution in [0.2, 0.25) is 0 Å². The van der Waals surface area contributed by atoms with Gasteiger partial charge >= 0.3 is 0 Å². The average molecular weight is 391 g/mol. The molecule has 28 heavy (non-hydrogen) atoms. The van der Waals surface area contributed by atoms with Crippen LogP contribution in [-0.4, -0.2) is 23.2 Å². The molecule has 4 rings (SSSR count). The van der Waals surface area contributed by atoms with Gasteiger partial charge in [0.15, 0.2) is 0 Å². The molecule has 140 valence electrons. The van der Waals surface area contributed by atoms with Crippen molar-refractivity contribution in [1.29, 1.82) is 0 Å². The molecule has 0 fully saturated rings. The Hall–Kier alpha value is -3.45. The molecule has 0 saturated heterocycles. The van der Waals surface area contributed by atoms with Crippen molar-refractivity contribution in [1.82, 2.24) is 10.1 Å². The fourth-order valence-electron chi connectivity index (χ4n) is 2.67. The zero-order valence-electron chi connectivity index (χ0n) is 15.1. The van der Waals surface area contributed by atoms with Gasteiger partial charge in [0.05, 0.1) is 18.4 Å². The Morgan fingerprint density at radius 3 is 2.57 bits per heavy atom. The molecule has 2 heterocycles. The molecule has 1 amide bonds. The summed E-state index contributed by atoms with van der Waals surface area (Å²) < 4.78 is 10.5. The van der Waals surface area contributed by atoms with Gasteiger partial charge in [-0.2, -0.15) is 4.98 Å². The van der Waals surface area contributed by atoms with Gasteiger partial charge in [-0.15, -0.1) is 11.3 Å². The Morgan fingerprint density at radius 1 is 1.11 bits per heavy atom. The summed E-state index contributed by atoms with van der Waals surface area (Å²) in [6.45, 7) is 0. The van der Waals surface area contributed by atoms with Crippen LogP contribution in [0.15, 0.2) is 70.6 Å². The molecule has 6 nitrogen and oxygen atoms in total. The highest BCUT2D eigenvalue weighted by molar-refractivity contribution is 7.12. The van der Waals surface area contributed by atoms with Crippen molar-refractivity contribution in [2.45, 2.75) is 6.42 Å². The first-order chi connectivity index (χ1) is 13.7. The van der Waals surface area contributed by atoms with Gasteiger partial charge in [0, 0.05) is 11.3 Å². The molecule has 0 spiro atoms. The maximum atomic E-state index is 12.1. The number of nitrogens with one attached hydrogen (secondary N) is 1. The number of aromatic nitrogens is 2. The molecule has 4 aromatic rings. The maximum absolute atomic E-state index is 12.1. The highest BCUT2D eigenvalue weighted by atomic mass is 32.1. The lowest BCUT2D eigenvalue weighted by molar-refractivity contribution is 0.103. The normalized spacial score (nSPS) is 10.6. The van der Waals surface area contributed by atoms with Crippen molar-refractivity contribution in [3.05, 3.63) is 82.4 Å². The topological polar surface area (TPSA) is 77.2 Å². The predicted octanol–water partition coefficient (Wildman–Crippen LogP) is 4.65. The standard InChI is InChI=1S/C21H17N3O3S/c1-26-17-10-4-14(5-11-17)13-19-23-20(24-27-19)15-6-8-16(9-7-15)22-21(25)18-3-2-12-28-18/h2-12H,13H2,1H3,(H,22,25). The summed E-state index contributed by atoms with van der Waals surface area (Å²) in [7, 11) is 1.64. The number of amides is 1. The van der Waals surface area contributed by atoms with Crippen LogP contribution in [0.25, 0.3) is 11.4 Å². The minimum absolute atomic E-state index is 0.121. The lowest BCUT2D eigenvalue weighted by Crippen LogP contribution is -2.09. The van der Waals surface area contributed by atoms with E-state index in [4.69, 9.17) is 9.26 Å². The quantitative estimate of drug-likeness (QED) is 0.518. The molecule has 2 aromatic carbocycles. The Labute approximate surface area is 165 Å². The van der Waals surface area contributed by atoms with Crippen LogP contribution in [0.1, 0.15) is 21.1 Å². The molecule has 0 aliphatic heterocycles. The van der Waals surface area contributed by atoms with Gasteiger partial charge in [0.1, 0.15) is 5.75 Å². The Kier molecular flexibility index (Phi) is 5.16. The fraction of sp³-hybridized carbons (Fsp3) is 0.0952. The SMILES string of the molecule is COc1ccc(Cc2nc(-c3ccc(NC(=O)c4cccs4)cc3)no2)cc1. The maximum Gasteiger partial charge on any atom is 0.265 e. The molecule has 1 N–H and O–H groups in total. The number of methoxy groups -OCH3 is 1. The third-order valence-electron chi connectivity index (χ3n) is 4.13. The Bertz CT molecular complexity index is 1060. The second-order valence-electron chi connectivity index (χ2n) is 6.05. The molecule has 0 radical (unpaired) electrons. The van der Waals surface area contributed by atoms with Gasteiger partial charge in [0.25, 0.3) is 5.91 Å². The first-order valence-corrected chi connectivity index (χ1v) is 9.50. The minimum Gasteiger partial charge on any atom is -0.497 e. The highest BCUT2D eigenvalue weighted by Crippen LogP contribution is 2.21. The molecule has 0 atom stereocenters. The monoisotopic (exact) mass is 391 g/mol. The fourth-order valence-corrected chi connectivity index (χ4v) is 3.28. The van der Waals surface area contributed by atoms with E-state index in [0.29, 0.717) is 28.7 Å². The van der Waals surface area contributed by atoms with Crippen molar-refractivity contribution in [2.24, 2.45) is 0 Å². The van der Waals surface area contributed by atoms with E-state index >= 15 is 0 Å². The number of nitrogens with zero attached hydrogens (tertiary/aromatic N) is 2. The smallest absolute Gasteiger partial charge is 0.265 e. The van der Waals surface area contributed by atoms with Gasteiger partial charge in [-0.1, -0.05) is 23.4 Å². The van der Waals surface area contributed by atoms with Crippen LogP contribution in [0.4, 0.5) is 5.69 Å². The lowest BCUT2D eigenvalue weighted by Gasteiger charge is -2.03. The van der Waals surface area contributed by atoms with E-state index in [1.54, 1.807) is 13.2 Å². The predicted molar refractivity (Wildman–Crippen MR) is 108 cm³/mol. The number of anilines is 1. The Morgan fingerprint density at radius 2 is 1.89 bits per heavy atom. The summed E-state index contributed by atoms with van der Waals surface area (Å²) in [6, 6.07) is 18.7. The van der Waals surface area contributed by atoms with Crippen LogP contribution in [0, 0.1) is 0 Å². The molecule has 0 aliphatic rings. The zero-order chi connectivity index (χ0) is 19.3. The molecular weight excluding hydrogens is 374 g/mol. The second-order valence-corrected chi connectivity index (χ2v) is 6.99. The van der Waals surface area contributed by atoms with E-state index in [1.165, 1.54) is 11.3 Å². The van der Waals surface area contributed by atoms with Crippen molar-refractivity contribution in [2.75, 3.05) is 12.4 Å². The van der Waals surface area contributed by atoms with Gasteiger partial charge in [-0.05, 0) is 53.4 Å². The second kappa shape index (κ2) is 8.06. The minimum atomic E-state index is -0.121. The van der Waals surface area contributed by atoms with E-state index in [0.717, 1.165) is 16.9 Å². The van der Waals surface area contributed by atoms with Crippen molar-refractivity contribution in [3.63, 3.8) is 0 Å². The molecular formula is C21H17N3O3S. The van der Waals surface area contributed by atoms with Crippen LogP contribution in [-0.2, 0) is 6.42 Å². The summed E-state index contributed by atoms with van der Waals surface area (Å²) in [5, 5.41) is 8.79. The first-order valence-electron chi connectivity index (χ1n) is 8.62. The molecule has 0 bridgehead atoms. The average Bonchev–Trinajstić information content (AvgIpc) is 3.42. The van der Waals surface area contributed by atoms with E-state index in [1.807, 2.05) is 60.0 Å².